The first-order valence-electron chi connectivity index (χ1n) is 7.07. The number of hydrogen-bond donors (Lipinski definition) is 0. The van der Waals surface area contributed by atoms with Gasteiger partial charge in [0.1, 0.15) is 18.2 Å². The van der Waals surface area contributed by atoms with Crippen molar-refractivity contribution in [2.45, 2.75) is 45.4 Å². The van der Waals surface area contributed by atoms with E-state index in [1.165, 1.54) is 4.90 Å². The standard InChI is InChI=1S/C16H21NO4/c1-16(2,3)21-14(18)13-9-10-17(13)15(19)20-11-12-7-5-4-6-8-12/h4-8,13H,9-11H2,1-3H3/t13-/m1/s1. The molecule has 0 spiro atoms. The van der Waals surface area contributed by atoms with Crippen molar-refractivity contribution in [3.05, 3.63) is 35.9 Å². The average Bonchev–Trinajstić information content (AvgIpc) is 2.34. The maximum Gasteiger partial charge on any atom is 0.410 e. The van der Waals surface area contributed by atoms with Crippen LogP contribution in [0.3, 0.4) is 0 Å². The third-order valence-corrected chi connectivity index (χ3v) is 3.14. The summed E-state index contributed by atoms with van der Waals surface area (Å²) in [4.78, 5) is 25.3. The molecule has 0 radical (unpaired) electrons. The summed E-state index contributed by atoms with van der Waals surface area (Å²) in [5, 5.41) is 0. The third kappa shape index (κ3) is 4.21. The van der Waals surface area contributed by atoms with Crippen LogP contribution in [-0.2, 0) is 20.9 Å². The molecule has 1 fully saturated rings. The monoisotopic (exact) mass is 291 g/mol. The molecule has 1 amide bonds. The highest BCUT2D eigenvalue weighted by molar-refractivity contribution is 5.83. The van der Waals surface area contributed by atoms with Crippen molar-refractivity contribution in [1.82, 2.24) is 4.90 Å². The lowest BCUT2D eigenvalue weighted by molar-refractivity contribution is -0.165. The van der Waals surface area contributed by atoms with E-state index in [4.69, 9.17) is 9.47 Å². The van der Waals surface area contributed by atoms with E-state index in [-0.39, 0.29) is 12.6 Å². The minimum atomic E-state index is -0.549. The summed E-state index contributed by atoms with van der Waals surface area (Å²) in [5.74, 6) is -0.370. The molecule has 114 valence electrons. The smallest absolute Gasteiger partial charge is 0.410 e. The molecule has 1 heterocycles. The first kappa shape index (κ1) is 15.4. The van der Waals surface area contributed by atoms with Gasteiger partial charge < -0.3 is 9.47 Å². The number of nitrogens with zero attached hydrogens (tertiary/aromatic N) is 1. The Morgan fingerprint density at radius 1 is 1.24 bits per heavy atom. The SMILES string of the molecule is CC(C)(C)OC(=O)[C@H]1CCN1C(=O)OCc1ccccc1. The number of hydrogen-bond acceptors (Lipinski definition) is 4. The number of amides is 1. The van der Waals surface area contributed by atoms with Crippen molar-refractivity contribution in [3.63, 3.8) is 0 Å². The number of carbonyl (C=O) groups excluding carboxylic acids is 2. The van der Waals surface area contributed by atoms with Crippen LogP contribution in [0.25, 0.3) is 0 Å². The van der Waals surface area contributed by atoms with E-state index in [2.05, 4.69) is 0 Å². The predicted octanol–water partition coefficient (Wildman–Crippen LogP) is 2.74. The zero-order chi connectivity index (χ0) is 15.5. The van der Waals surface area contributed by atoms with Gasteiger partial charge in [0.25, 0.3) is 0 Å². The van der Waals surface area contributed by atoms with E-state index in [0.717, 1.165) is 5.56 Å². The van der Waals surface area contributed by atoms with Gasteiger partial charge in [0.15, 0.2) is 0 Å². The fourth-order valence-electron chi connectivity index (χ4n) is 2.02. The molecule has 0 aliphatic carbocycles. The van der Waals surface area contributed by atoms with Gasteiger partial charge in [0.05, 0.1) is 0 Å². The Morgan fingerprint density at radius 3 is 2.43 bits per heavy atom. The lowest BCUT2D eigenvalue weighted by Gasteiger charge is -2.39. The van der Waals surface area contributed by atoms with Crippen molar-refractivity contribution < 1.29 is 19.1 Å². The van der Waals surface area contributed by atoms with Crippen LogP contribution in [0.15, 0.2) is 30.3 Å². The first-order valence-corrected chi connectivity index (χ1v) is 7.07. The summed E-state index contributed by atoms with van der Waals surface area (Å²) in [6.45, 7) is 6.15. The van der Waals surface area contributed by atoms with Crippen LogP contribution in [0.4, 0.5) is 4.79 Å². The zero-order valence-electron chi connectivity index (χ0n) is 12.7. The quantitative estimate of drug-likeness (QED) is 0.804. The van der Waals surface area contributed by atoms with Crippen molar-refractivity contribution >= 4 is 12.1 Å². The topological polar surface area (TPSA) is 55.8 Å². The molecule has 0 bridgehead atoms. The highest BCUT2D eigenvalue weighted by Crippen LogP contribution is 2.22. The second-order valence-electron chi connectivity index (χ2n) is 6.07. The van der Waals surface area contributed by atoms with E-state index < -0.39 is 17.7 Å². The van der Waals surface area contributed by atoms with Crippen molar-refractivity contribution in [2.75, 3.05) is 6.54 Å². The van der Waals surface area contributed by atoms with Gasteiger partial charge in [0.2, 0.25) is 0 Å². The Bertz CT molecular complexity index is 507. The molecule has 0 N–H and O–H groups in total. The number of ether oxygens (including phenoxy) is 2. The van der Waals surface area contributed by atoms with Gasteiger partial charge in [-0.2, -0.15) is 0 Å². The molecule has 1 saturated heterocycles. The Balaban J connectivity index is 1.84. The average molecular weight is 291 g/mol. The van der Waals surface area contributed by atoms with Crippen molar-refractivity contribution in [2.24, 2.45) is 0 Å². The molecule has 2 rings (SSSR count). The minimum Gasteiger partial charge on any atom is -0.458 e. The molecule has 1 atom stereocenters. The van der Waals surface area contributed by atoms with Gasteiger partial charge in [-0.1, -0.05) is 30.3 Å². The van der Waals surface area contributed by atoms with Gasteiger partial charge in [-0.15, -0.1) is 0 Å². The second kappa shape index (κ2) is 6.16. The first-order chi connectivity index (χ1) is 9.87. The molecule has 5 nitrogen and oxygen atoms in total. The molecular formula is C16H21NO4. The molecule has 1 aliphatic heterocycles. The van der Waals surface area contributed by atoms with E-state index in [1.807, 2.05) is 51.1 Å². The van der Waals surface area contributed by atoms with Gasteiger partial charge in [-0.25, -0.2) is 9.59 Å². The molecule has 5 heteroatoms. The van der Waals surface area contributed by atoms with E-state index in [1.54, 1.807) is 0 Å². The Labute approximate surface area is 124 Å². The molecule has 1 aromatic rings. The Kier molecular flexibility index (Phi) is 4.50. The van der Waals surface area contributed by atoms with E-state index in [9.17, 15) is 9.59 Å². The lowest BCUT2D eigenvalue weighted by atomic mass is 10.0. The summed E-state index contributed by atoms with van der Waals surface area (Å²) in [7, 11) is 0. The van der Waals surface area contributed by atoms with Gasteiger partial charge in [-0.05, 0) is 32.8 Å². The minimum absolute atomic E-state index is 0.206. The van der Waals surface area contributed by atoms with Crippen LogP contribution in [-0.4, -0.2) is 35.2 Å². The molecule has 21 heavy (non-hydrogen) atoms. The number of likely N-dealkylation sites (tertiary alicyclic amines) is 1. The summed E-state index contributed by atoms with van der Waals surface area (Å²) in [6.07, 6.45) is 0.149. The van der Waals surface area contributed by atoms with Crippen molar-refractivity contribution in [1.29, 1.82) is 0 Å². The van der Waals surface area contributed by atoms with Gasteiger partial charge >= 0.3 is 12.1 Å². The number of rotatable bonds is 3. The normalized spacial score (nSPS) is 17.9. The molecular weight excluding hydrogens is 270 g/mol. The third-order valence-electron chi connectivity index (χ3n) is 3.14. The van der Waals surface area contributed by atoms with Crippen molar-refractivity contribution in [3.8, 4) is 0 Å². The summed E-state index contributed by atoms with van der Waals surface area (Å²) in [5.41, 5.74) is 0.368. The molecule has 0 aromatic heterocycles. The molecule has 1 aliphatic rings. The highest BCUT2D eigenvalue weighted by Gasteiger charge is 2.41. The molecule has 0 saturated carbocycles. The van der Waals surface area contributed by atoms with Crippen LogP contribution < -0.4 is 0 Å². The lowest BCUT2D eigenvalue weighted by Crippen LogP contribution is -2.56. The summed E-state index contributed by atoms with van der Waals surface area (Å²) < 4.78 is 10.5. The molecule has 1 aromatic carbocycles. The zero-order valence-corrected chi connectivity index (χ0v) is 12.7. The summed E-state index contributed by atoms with van der Waals surface area (Å²) in [6, 6.07) is 8.92. The van der Waals surface area contributed by atoms with Gasteiger partial charge in [-0.3, -0.25) is 4.90 Å². The Morgan fingerprint density at radius 2 is 1.90 bits per heavy atom. The number of esters is 1. The summed E-state index contributed by atoms with van der Waals surface area (Å²) >= 11 is 0. The van der Waals surface area contributed by atoms with Crippen LogP contribution in [0.5, 0.6) is 0 Å². The molecule has 0 unspecified atom stereocenters. The fourth-order valence-corrected chi connectivity index (χ4v) is 2.02. The fraction of sp³-hybridized carbons (Fsp3) is 0.500. The van der Waals surface area contributed by atoms with Crippen LogP contribution in [0.2, 0.25) is 0 Å². The maximum absolute atomic E-state index is 12.0. The second-order valence-corrected chi connectivity index (χ2v) is 6.07. The van der Waals surface area contributed by atoms with Crippen LogP contribution in [0, 0.1) is 0 Å². The predicted molar refractivity (Wildman–Crippen MR) is 77.6 cm³/mol. The highest BCUT2D eigenvalue weighted by atomic mass is 16.6. The number of carbonyl (C=O) groups is 2. The maximum atomic E-state index is 12.0. The number of benzene rings is 1. The van der Waals surface area contributed by atoms with Gasteiger partial charge in [0, 0.05) is 6.54 Å². The van der Waals surface area contributed by atoms with E-state index >= 15 is 0 Å². The largest absolute Gasteiger partial charge is 0.458 e. The Hall–Kier alpha value is -2.04. The van der Waals surface area contributed by atoms with E-state index in [0.29, 0.717) is 13.0 Å². The van der Waals surface area contributed by atoms with Crippen LogP contribution >= 0.6 is 0 Å². The van der Waals surface area contributed by atoms with Crippen LogP contribution in [0.1, 0.15) is 32.8 Å².